The average Bonchev–Trinajstić information content (AvgIpc) is 2.97. The molecule has 0 saturated heterocycles. The maximum absolute atomic E-state index is 10.9. The van der Waals surface area contributed by atoms with Gasteiger partial charge in [0.2, 0.25) is 0 Å². The summed E-state index contributed by atoms with van der Waals surface area (Å²) >= 11 is 1.64. The fraction of sp³-hybridized carbons (Fsp3) is 0.381. The lowest BCUT2D eigenvalue weighted by Crippen LogP contribution is -2.12. The molecule has 3 heteroatoms. The third-order valence-corrected chi connectivity index (χ3v) is 5.74. The van der Waals surface area contributed by atoms with Gasteiger partial charge < -0.3 is 5.11 Å². The zero-order valence-corrected chi connectivity index (χ0v) is 15.9. The lowest BCUT2D eigenvalue weighted by molar-refractivity contribution is 0.462. The topological polar surface area (TPSA) is 33.1 Å². The van der Waals surface area contributed by atoms with E-state index in [4.69, 9.17) is 4.98 Å². The molecule has 0 amide bonds. The molecule has 0 aliphatic carbocycles. The van der Waals surface area contributed by atoms with Gasteiger partial charge in [0, 0.05) is 0 Å². The Morgan fingerprint density at radius 3 is 2.50 bits per heavy atom. The lowest BCUT2D eigenvalue weighted by Gasteiger charge is -2.23. The molecule has 0 aliphatic rings. The van der Waals surface area contributed by atoms with Gasteiger partial charge in [-0.15, -0.1) is 11.3 Å². The van der Waals surface area contributed by atoms with E-state index >= 15 is 0 Å². The maximum atomic E-state index is 10.9. The highest BCUT2D eigenvalue weighted by atomic mass is 32.1. The molecule has 2 aromatic carbocycles. The molecule has 0 aliphatic heterocycles. The number of phenolic OH excluding ortho intramolecular Hbond substituents is 1. The van der Waals surface area contributed by atoms with Crippen molar-refractivity contribution in [3.8, 4) is 16.3 Å². The molecule has 1 N–H and O–H groups in total. The first-order valence-electron chi connectivity index (χ1n) is 8.54. The normalized spacial score (nSPS) is 13.4. The highest BCUT2D eigenvalue weighted by molar-refractivity contribution is 7.21. The molecule has 0 fully saturated rings. The summed E-state index contributed by atoms with van der Waals surface area (Å²) in [5.41, 5.74) is 4.15. The number of fused-ring (bicyclic) bond motifs is 1. The van der Waals surface area contributed by atoms with Crippen molar-refractivity contribution in [1.82, 2.24) is 4.98 Å². The van der Waals surface area contributed by atoms with Gasteiger partial charge in [-0.2, -0.15) is 0 Å². The molecular weight excluding hydrogens is 314 g/mol. The van der Waals surface area contributed by atoms with Crippen molar-refractivity contribution >= 4 is 21.6 Å². The number of hydrogen-bond donors (Lipinski definition) is 1. The van der Waals surface area contributed by atoms with Gasteiger partial charge in [0.25, 0.3) is 0 Å². The van der Waals surface area contributed by atoms with E-state index in [1.807, 2.05) is 18.2 Å². The van der Waals surface area contributed by atoms with Crippen LogP contribution >= 0.6 is 11.3 Å². The molecular formula is C21H25NOS. The summed E-state index contributed by atoms with van der Waals surface area (Å²) in [6.07, 6.45) is 1.00. The van der Waals surface area contributed by atoms with Gasteiger partial charge in [-0.1, -0.05) is 52.8 Å². The molecule has 1 atom stereocenters. The number of para-hydroxylation sites is 1. The van der Waals surface area contributed by atoms with E-state index in [1.165, 1.54) is 5.56 Å². The first-order chi connectivity index (χ1) is 11.3. The van der Waals surface area contributed by atoms with Crippen LogP contribution in [0.3, 0.4) is 0 Å². The van der Waals surface area contributed by atoms with Crippen LogP contribution in [-0.2, 0) is 5.41 Å². The van der Waals surface area contributed by atoms with E-state index < -0.39 is 0 Å². The summed E-state index contributed by atoms with van der Waals surface area (Å²) in [5.74, 6) is 0.705. The lowest BCUT2D eigenvalue weighted by atomic mass is 9.82. The fourth-order valence-corrected chi connectivity index (χ4v) is 3.82. The Morgan fingerprint density at radius 1 is 1.17 bits per heavy atom. The van der Waals surface area contributed by atoms with Crippen molar-refractivity contribution in [1.29, 1.82) is 0 Å². The number of hydrogen-bond acceptors (Lipinski definition) is 3. The number of thiazole rings is 1. The van der Waals surface area contributed by atoms with E-state index in [9.17, 15) is 5.11 Å². The Hall–Kier alpha value is -1.87. The molecule has 0 radical (unpaired) electrons. The quantitative estimate of drug-likeness (QED) is 0.592. The summed E-state index contributed by atoms with van der Waals surface area (Å²) in [7, 11) is 0. The zero-order valence-electron chi connectivity index (χ0n) is 15.1. The van der Waals surface area contributed by atoms with Crippen LogP contribution in [0.25, 0.3) is 20.8 Å². The van der Waals surface area contributed by atoms with Crippen molar-refractivity contribution in [2.75, 3.05) is 0 Å². The number of phenols is 1. The van der Waals surface area contributed by atoms with E-state index in [0.29, 0.717) is 11.7 Å². The summed E-state index contributed by atoms with van der Waals surface area (Å²) in [6.45, 7) is 11.0. The molecule has 1 heterocycles. The van der Waals surface area contributed by atoms with Gasteiger partial charge in [-0.3, -0.25) is 0 Å². The second-order valence-electron chi connectivity index (χ2n) is 7.51. The van der Waals surface area contributed by atoms with Crippen LogP contribution in [0.5, 0.6) is 5.75 Å². The van der Waals surface area contributed by atoms with Crippen molar-refractivity contribution < 1.29 is 5.11 Å². The first kappa shape index (κ1) is 17.0. The van der Waals surface area contributed by atoms with E-state index in [2.05, 4.69) is 52.8 Å². The Kier molecular flexibility index (Phi) is 4.39. The standard InChI is InChI=1S/C21H25NOS/c1-6-13(2)15-11-14(21(3,4)5)12-16(19(15)23)20-22-17-9-7-8-10-18(17)24-20/h7-13,23H,6H2,1-5H3. The van der Waals surface area contributed by atoms with E-state index in [-0.39, 0.29) is 5.41 Å². The van der Waals surface area contributed by atoms with E-state index in [0.717, 1.165) is 32.8 Å². The summed E-state index contributed by atoms with van der Waals surface area (Å²) in [5, 5.41) is 11.8. The molecule has 0 bridgehead atoms. The summed E-state index contributed by atoms with van der Waals surface area (Å²) in [4.78, 5) is 4.75. The second kappa shape index (κ2) is 6.21. The average molecular weight is 340 g/mol. The van der Waals surface area contributed by atoms with Gasteiger partial charge in [0.15, 0.2) is 0 Å². The van der Waals surface area contributed by atoms with Crippen molar-refractivity contribution in [2.45, 2.75) is 52.4 Å². The Bertz CT molecular complexity index is 840. The van der Waals surface area contributed by atoms with Gasteiger partial charge in [-0.05, 0) is 47.1 Å². The largest absolute Gasteiger partial charge is 0.507 e. The molecule has 0 saturated carbocycles. The number of rotatable bonds is 3. The van der Waals surface area contributed by atoms with Crippen LogP contribution < -0.4 is 0 Å². The summed E-state index contributed by atoms with van der Waals surface area (Å²) in [6, 6.07) is 12.4. The van der Waals surface area contributed by atoms with Crippen LogP contribution in [0.15, 0.2) is 36.4 Å². The minimum atomic E-state index is 0.0291. The molecule has 1 unspecified atom stereocenters. The second-order valence-corrected chi connectivity index (χ2v) is 8.54. The third-order valence-electron chi connectivity index (χ3n) is 4.67. The zero-order chi connectivity index (χ0) is 17.5. The molecule has 126 valence electrons. The van der Waals surface area contributed by atoms with Crippen molar-refractivity contribution in [3.05, 3.63) is 47.5 Å². The third kappa shape index (κ3) is 3.05. The highest BCUT2D eigenvalue weighted by Crippen LogP contribution is 2.42. The molecule has 0 spiro atoms. The molecule has 3 aromatic rings. The summed E-state index contributed by atoms with van der Waals surface area (Å²) < 4.78 is 1.15. The highest BCUT2D eigenvalue weighted by Gasteiger charge is 2.22. The smallest absolute Gasteiger partial charge is 0.129 e. The molecule has 24 heavy (non-hydrogen) atoms. The number of aromatic hydroxyl groups is 1. The minimum absolute atomic E-state index is 0.0291. The minimum Gasteiger partial charge on any atom is -0.507 e. The maximum Gasteiger partial charge on any atom is 0.129 e. The predicted octanol–water partition coefficient (Wildman–Crippen LogP) is 6.48. The van der Waals surface area contributed by atoms with Crippen LogP contribution in [0.2, 0.25) is 0 Å². The van der Waals surface area contributed by atoms with Gasteiger partial charge in [-0.25, -0.2) is 4.98 Å². The number of aromatic nitrogens is 1. The molecule has 1 aromatic heterocycles. The van der Waals surface area contributed by atoms with Gasteiger partial charge in [0.05, 0.1) is 15.8 Å². The number of nitrogens with zero attached hydrogens (tertiary/aromatic N) is 1. The van der Waals surface area contributed by atoms with Gasteiger partial charge >= 0.3 is 0 Å². The Labute approximate surface area is 148 Å². The predicted molar refractivity (Wildman–Crippen MR) is 104 cm³/mol. The fourth-order valence-electron chi connectivity index (χ4n) is 2.84. The molecule has 2 nitrogen and oxygen atoms in total. The monoisotopic (exact) mass is 339 g/mol. The van der Waals surface area contributed by atoms with E-state index in [1.54, 1.807) is 11.3 Å². The SMILES string of the molecule is CCC(C)c1cc(C(C)(C)C)cc(-c2nc3ccccc3s2)c1O. The molecule has 3 rings (SSSR count). The van der Waals surface area contributed by atoms with Crippen LogP contribution in [-0.4, -0.2) is 10.1 Å². The van der Waals surface area contributed by atoms with Crippen LogP contribution in [0, 0.1) is 0 Å². The number of benzene rings is 2. The van der Waals surface area contributed by atoms with Crippen LogP contribution in [0.1, 0.15) is 58.1 Å². The van der Waals surface area contributed by atoms with Crippen molar-refractivity contribution in [3.63, 3.8) is 0 Å². The van der Waals surface area contributed by atoms with Crippen molar-refractivity contribution in [2.24, 2.45) is 0 Å². The first-order valence-corrected chi connectivity index (χ1v) is 9.36. The Morgan fingerprint density at radius 2 is 1.88 bits per heavy atom. The Balaban J connectivity index is 2.25. The van der Waals surface area contributed by atoms with Gasteiger partial charge in [0.1, 0.15) is 10.8 Å². The van der Waals surface area contributed by atoms with Crippen LogP contribution in [0.4, 0.5) is 0 Å².